The van der Waals surface area contributed by atoms with Gasteiger partial charge in [-0.2, -0.15) is 0 Å². The average molecular weight is 501 g/mol. The second-order valence-corrected chi connectivity index (χ2v) is 8.86. The molecule has 0 N–H and O–H groups in total. The number of halogens is 2. The van der Waals surface area contributed by atoms with Crippen LogP contribution in [0.3, 0.4) is 0 Å². The van der Waals surface area contributed by atoms with Crippen molar-refractivity contribution in [2.75, 3.05) is 26.4 Å². The quantitative estimate of drug-likeness (QED) is 0.421. The van der Waals surface area contributed by atoms with Crippen molar-refractivity contribution in [1.29, 1.82) is 0 Å². The molecule has 154 valence electrons. The molecule has 4 heterocycles. The molecule has 0 bridgehead atoms. The maximum Gasteiger partial charge on any atom is 0.193 e. The standard InChI is InChI=1S/C13H11FO3S.C7H7BrO2S/c14-9-2-1-3-10(6-9)17-11-7-12(18-8-11)13-15-4-5-16-13;8-5-3-6(11-4-5)7-9-1-2-10-7/h1-3,6-8,13H,4-5H2;3-4,7H,1-2H2. The van der Waals surface area contributed by atoms with E-state index in [-0.39, 0.29) is 18.4 Å². The molecule has 2 fully saturated rings. The number of rotatable bonds is 4. The van der Waals surface area contributed by atoms with Gasteiger partial charge in [-0.05, 0) is 40.2 Å². The normalized spacial score (nSPS) is 17.3. The van der Waals surface area contributed by atoms with Gasteiger partial charge in [0.25, 0.3) is 0 Å². The fraction of sp³-hybridized carbons (Fsp3) is 0.300. The van der Waals surface area contributed by atoms with Crippen molar-refractivity contribution in [2.24, 2.45) is 0 Å². The van der Waals surface area contributed by atoms with Gasteiger partial charge in [-0.1, -0.05) is 6.07 Å². The van der Waals surface area contributed by atoms with Crippen LogP contribution in [0.4, 0.5) is 4.39 Å². The fourth-order valence-corrected chi connectivity index (χ4v) is 4.91. The highest BCUT2D eigenvalue weighted by Crippen LogP contribution is 2.34. The topological polar surface area (TPSA) is 46.2 Å². The Hall–Kier alpha value is -1.33. The van der Waals surface area contributed by atoms with Gasteiger partial charge in [0.1, 0.15) is 17.3 Å². The molecule has 5 rings (SSSR count). The maximum atomic E-state index is 13.0. The number of hydrogen-bond acceptors (Lipinski definition) is 7. The van der Waals surface area contributed by atoms with Crippen LogP contribution in [-0.4, -0.2) is 26.4 Å². The van der Waals surface area contributed by atoms with E-state index in [9.17, 15) is 4.39 Å². The van der Waals surface area contributed by atoms with Crippen molar-refractivity contribution in [2.45, 2.75) is 12.6 Å². The summed E-state index contributed by atoms with van der Waals surface area (Å²) in [5, 5.41) is 3.88. The smallest absolute Gasteiger partial charge is 0.193 e. The van der Waals surface area contributed by atoms with Crippen LogP contribution in [0.15, 0.2) is 51.6 Å². The van der Waals surface area contributed by atoms with Crippen molar-refractivity contribution >= 4 is 38.6 Å². The van der Waals surface area contributed by atoms with Gasteiger partial charge in [-0.25, -0.2) is 4.39 Å². The summed E-state index contributed by atoms with van der Waals surface area (Å²) < 4.78 is 41.1. The zero-order valence-electron chi connectivity index (χ0n) is 15.2. The van der Waals surface area contributed by atoms with E-state index in [1.54, 1.807) is 23.5 Å². The Kier molecular flexibility index (Phi) is 7.30. The van der Waals surface area contributed by atoms with E-state index >= 15 is 0 Å². The summed E-state index contributed by atoms with van der Waals surface area (Å²) in [6, 6.07) is 9.93. The molecule has 3 aromatic rings. The minimum atomic E-state index is -0.314. The zero-order chi connectivity index (χ0) is 20.1. The lowest BCUT2D eigenvalue weighted by Gasteiger charge is -2.05. The fourth-order valence-electron chi connectivity index (χ4n) is 2.68. The minimum Gasteiger partial charge on any atom is -0.456 e. The molecule has 0 saturated carbocycles. The lowest BCUT2D eigenvalue weighted by atomic mass is 10.3. The Balaban J connectivity index is 0.000000159. The van der Waals surface area contributed by atoms with E-state index in [0.29, 0.717) is 37.9 Å². The van der Waals surface area contributed by atoms with Crippen LogP contribution in [0.2, 0.25) is 0 Å². The van der Waals surface area contributed by atoms with Crippen molar-refractivity contribution in [1.82, 2.24) is 0 Å². The number of benzene rings is 1. The lowest BCUT2D eigenvalue weighted by Crippen LogP contribution is -1.93. The predicted octanol–water partition coefficient (Wildman–Crippen LogP) is 6.28. The van der Waals surface area contributed by atoms with Crippen molar-refractivity contribution in [3.05, 3.63) is 67.2 Å². The molecular formula is C20H18BrFO5S2. The maximum absolute atomic E-state index is 13.0. The predicted molar refractivity (Wildman–Crippen MR) is 112 cm³/mol. The Morgan fingerprint density at radius 1 is 0.828 bits per heavy atom. The van der Waals surface area contributed by atoms with Gasteiger partial charge < -0.3 is 23.7 Å². The van der Waals surface area contributed by atoms with Crippen molar-refractivity contribution in [3.8, 4) is 11.5 Å². The highest BCUT2D eigenvalue weighted by Gasteiger charge is 2.21. The Labute approximate surface area is 184 Å². The molecule has 0 radical (unpaired) electrons. The first-order chi connectivity index (χ1) is 14.2. The average Bonchev–Trinajstić information content (AvgIpc) is 3.49. The van der Waals surface area contributed by atoms with Gasteiger partial charge >= 0.3 is 0 Å². The Morgan fingerprint density at radius 2 is 1.45 bits per heavy atom. The van der Waals surface area contributed by atoms with Crippen LogP contribution in [0.5, 0.6) is 11.5 Å². The van der Waals surface area contributed by atoms with E-state index in [1.807, 2.05) is 22.9 Å². The molecule has 0 aliphatic carbocycles. The SMILES string of the molecule is Brc1csc(C2OCCO2)c1.Fc1cccc(Oc2csc(C3OCCO3)c2)c1. The molecule has 2 saturated heterocycles. The van der Waals surface area contributed by atoms with Crippen LogP contribution in [0.25, 0.3) is 0 Å². The Morgan fingerprint density at radius 3 is 2.03 bits per heavy atom. The Bertz CT molecular complexity index is 919. The third kappa shape index (κ3) is 5.85. The molecule has 29 heavy (non-hydrogen) atoms. The molecule has 0 atom stereocenters. The highest BCUT2D eigenvalue weighted by molar-refractivity contribution is 9.10. The van der Waals surface area contributed by atoms with E-state index < -0.39 is 0 Å². The summed E-state index contributed by atoms with van der Waals surface area (Å²) in [6.07, 6.45) is -0.411. The van der Waals surface area contributed by atoms with Gasteiger partial charge in [0.15, 0.2) is 12.6 Å². The number of ether oxygens (including phenoxy) is 5. The number of thiophene rings is 2. The summed E-state index contributed by atoms with van der Waals surface area (Å²) in [7, 11) is 0. The van der Waals surface area contributed by atoms with Crippen LogP contribution in [0.1, 0.15) is 22.3 Å². The summed E-state index contributed by atoms with van der Waals surface area (Å²) in [5.74, 6) is 0.831. The lowest BCUT2D eigenvalue weighted by molar-refractivity contribution is -0.0415. The third-order valence-corrected chi connectivity index (χ3v) is 6.57. The number of hydrogen-bond donors (Lipinski definition) is 0. The molecule has 2 aliphatic heterocycles. The van der Waals surface area contributed by atoms with E-state index in [2.05, 4.69) is 15.9 Å². The van der Waals surface area contributed by atoms with Gasteiger partial charge in [-0.3, -0.25) is 0 Å². The minimum absolute atomic E-state index is 0.119. The summed E-state index contributed by atoms with van der Waals surface area (Å²) in [5.41, 5.74) is 0. The monoisotopic (exact) mass is 500 g/mol. The second kappa shape index (κ2) is 10.1. The largest absolute Gasteiger partial charge is 0.456 e. The molecule has 9 heteroatoms. The molecule has 2 aliphatic rings. The molecule has 0 amide bonds. The molecule has 1 aromatic carbocycles. The molecule has 0 unspecified atom stereocenters. The van der Waals surface area contributed by atoms with Crippen LogP contribution in [0, 0.1) is 5.82 Å². The van der Waals surface area contributed by atoms with Gasteiger partial charge in [0, 0.05) is 21.3 Å². The van der Waals surface area contributed by atoms with E-state index in [1.165, 1.54) is 23.5 Å². The van der Waals surface area contributed by atoms with E-state index in [0.717, 1.165) is 14.2 Å². The summed E-state index contributed by atoms with van der Waals surface area (Å²) in [6.45, 7) is 2.64. The second-order valence-electron chi connectivity index (χ2n) is 6.06. The van der Waals surface area contributed by atoms with Crippen molar-refractivity contribution < 1.29 is 28.1 Å². The van der Waals surface area contributed by atoms with Crippen LogP contribution >= 0.6 is 38.6 Å². The molecule has 5 nitrogen and oxygen atoms in total. The third-order valence-electron chi connectivity index (χ3n) is 3.92. The molecule has 2 aromatic heterocycles. The first-order valence-corrected chi connectivity index (χ1v) is 11.4. The molecular weight excluding hydrogens is 483 g/mol. The van der Waals surface area contributed by atoms with Gasteiger partial charge in [-0.15, -0.1) is 22.7 Å². The molecule has 0 spiro atoms. The first-order valence-electron chi connectivity index (χ1n) is 8.89. The van der Waals surface area contributed by atoms with E-state index in [4.69, 9.17) is 23.7 Å². The van der Waals surface area contributed by atoms with Crippen molar-refractivity contribution in [3.63, 3.8) is 0 Å². The van der Waals surface area contributed by atoms with Gasteiger partial charge in [0.05, 0.1) is 36.2 Å². The first kappa shape index (κ1) is 20.9. The van der Waals surface area contributed by atoms with Crippen LogP contribution < -0.4 is 4.74 Å². The summed E-state index contributed by atoms with van der Waals surface area (Å²) in [4.78, 5) is 2.09. The summed E-state index contributed by atoms with van der Waals surface area (Å²) >= 11 is 6.53. The highest BCUT2D eigenvalue weighted by atomic mass is 79.9. The zero-order valence-corrected chi connectivity index (χ0v) is 18.4. The van der Waals surface area contributed by atoms with Crippen LogP contribution in [-0.2, 0) is 18.9 Å². The van der Waals surface area contributed by atoms with Gasteiger partial charge in [0.2, 0.25) is 0 Å².